The van der Waals surface area contributed by atoms with Crippen LogP contribution in [0.1, 0.15) is 0 Å². The highest BCUT2D eigenvalue weighted by molar-refractivity contribution is 4.11. The first-order chi connectivity index (χ1) is 2.91. The number of rotatable bonds is 3. The molecule has 38 valence electrons. The molecule has 0 fully saturated rings. The van der Waals surface area contributed by atoms with Crippen molar-refractivity contribution >= 4 is 0 Å². The monoisotopic (exact) mass is 94.1 g/mol. The number of quaternary nitrogens is 2. The maximum Gasteiger partial charge on any atom is 0.135 e. The quantitative estimate of drug-likeness (QED) is 0.296. The predicted octanol–water partition coefficient (Wildman–Crippen LogP) is -2.67. The fourth-order valence-corrected chi connectivity index (χ4v) is 0.118. The number of hydrogen-bond acceptors (Lipinski definition) is 2. The van der Waals surface area contributed by atoms with E-state index in [1.165, 1.54) is 0 Å². The summed E-state index contributed by atoms with van der Waals surface area (Å²) in [6.45, 7) is 1.03. The van der Waals surface area contributed by atoms with Crippen molar-refractivity contribution in [2.45, 2.75) is 0 Å². The summed E-state index contributed by atoms with van der Waals surface area (Å²) in [6.07, 6.45) is 0. The molecule has 6 N–H and O–H groups in total. The van der Waals surface area contributed by atoms with E-state index in [-0.39, 0.29) is 0 Å². The van der Waals surface area contributed by atoms with Crippen LogP contribution in [0.4, 0.5) is 0 Å². The van der Waals surface area contributed by atoms with Gasteiger partial charge < -0.3 is 0 Å². The van der Waals surface area contributed by atoms with Crippen LogP contribution in [-0.2, 0) is 9.68 Å². The standard InChI is InChI=1S/C2H10N2O2/c3-5-1-2-6-4/h1-2H2,3-4H3/q+2. The lowest BCUT2D eigenvalue weighted by atomic mass is 10.8. The SMILES string of the molecule is [NH3+]OCCO[NH3+]. The van der Waals surface area contributed by atoms with Gasteiger partial charge in [-0.05, 0) is 0 Å². The average Bonchev–Trinajstić information content (AvgIpc) is 1.61. The van der Waals surface area contributed by atoms with Crippen molar-refractivity contribution in [3.63, 3.8) is 0 Å². The second kappa shape index (κ2) is 4.84. The maximum absolute atomic E-state index is 4.37. The van der Waals surface area contributed by atoms with E-state index in [4.69, 9.17) is 0 Å². The molecule has 0 rings (SSSR count). The van der Waals surface area contributed by atoms with Crippen LogP contribution in [0.25, 0.3) is 0 Å². The molecule has 0 aliphatic carbocycles. The van der Waals surface area contributed by atoms with Gasteiger partial charge in [0, 0.05) is 0 Å². The van der Waals surface area contributed by atoms with Crippen molar-refractivity contribution in [3.8, 4) is 0 Å². The van der Waals surface area contributed by atoms with Crippen molar-refractivity contribution in [2.24, 2.45) is 0 Å². The summed E-state index contributed by atoms with van der Waals surface area (Å²) >= 11 is 0. The highest BCUT2D eigenvalue weighted by atomic mass is 16.7. The summed E-state index contributed by atoms with van der Waals surface area (Å²) in [6, 6.07) is 0. The Kier molecular flexibility index (Phi) is 4.71. The summed E-state index contributed by atoms with van der Waals surface area (Å²) < 4.78 is 0. The van der Waals surface area contributed by atoms with Crippen LogP contribution in [0.2, 0.25) is 0 Å². The Balaban J connectivity index is 2.34. The van der Waals surface area contributed by atoms with E-state index in [0.29, 0.717) is 13.2 Å². The van der Waals surface area contributed by atoms with Crippen molar-refractivity contribution in [1.82, 2.24) is 0 Å². The zero-order chi connectivity index (χ0) is 4.83. The molecule has 4 nitrogen and oxygen atoms in total. The van der Waals surface area contributed by atoms with E-state index >= 15 is 0 Å². The van der Waals surface area contributed by atoms with Gasteiger partial charge in [-0.25, -0.2) is 21.5 Å². The Morgan fingerprint density at radius 2 is 1.33 bits per heavy atom. The third-order valence-corrected chi connectivity index (χ3v) is 0.372. The zero-order valence-corrected chi connectivity index (χ0v) is 3.64. The van der Waals surface area contributed by atoms with Gasteiger partial charge in [0.25, 0.3) is 0 Å². The Labute approximate surface area is 35.9 Å². The van der Waals surface area contributed by atoms with E-state index < -0.39 is 0 Å². The molecule has 0 aromatic rings. The summed E-state index contributed by atoms with van der Waals surface area (Å²) in [4.78, 5) is 8.73. The van der Waals surface area contributed by atoms with Crippen LogP contribution in [0.5, 0.6) is 0 Å². The van der Waals surface area contributed by atoms with Gasteiger partial charge >= 0.3 is 0 Å². The van der Waals surface area contributed by atoms with Gasteiger partial charge in [-0.15, -0.1) is 0 Å². The molecule has 0 aliphatic rings. The largest absolute Gasteiger partial charge is 0.213 e. The first-order valence-corrected chi connectivity index (χ1v) is 1.65. The highest BCUT2D eigenvalue weighted by Gasteiger charge is 1.80. The molecule has 0 unspecified atom stereocenters. The average molecular weight is 94.1 g/mol. The molecule has 0 aliphatic heterocycles. The predicted molar refractivity (Wildman–Crippen MR) is 17.7 cm³/mol. The Bertz CT molecular complexity index is 21.5. The summed E-state index contributed by atoms with van der Waals surface area (Å²) in [5, 5.41) is 0. The lowest BCUT2D eigenvalue weighted by Crippen LogP contribution is -2.53. The molecule has 0 aromatic heterocycles. The molecule has 0 bridgehead atoms. The molecule has 0 spiro atoms. The molecule has 0 amide bonds. The molecule has 0 atom stereocenters. The third kappa shape index (κ3) is 3.84. The lowest BCUT2D eigenvalue weighted by Gasteiger charge is -1.84. The highest BCUT2D eigenvalue weighted by Crippen LogP contribution is 1.55. The minimum atomic E-state index is 0.517. The van der Waals surface area contributed by atoms with Crippen LogP contribution in [0, 0.1) is 0 Å². The van der Waals surface area contributed by atoms with Crippen molar-refractivity contribution < 1.29 is 21.5 Å². The molecule has 0 saturated heterocycles. The Hall–Kier alpha value is -0.160. The minimum absolute atomic E-state index is 0.517. The first-order valence-electron chi connectivity index (χ1n) is 1.65. The normalized spacial score (nSPS) is 9.00. The smallest absolute Gasteiger partial charge is 0.135 e. The molecule has 0 saturated carbocycles. The summed E-state index contributed by atoms with van der Waals surface area (Å²) in [5.74, 6) is 6.23. The topological polar surface area (TPSA) is 73.7 Å². The van der Waals surface area contributed by atoms with Gasteiger partial charge in [0.15, 0.2) is 0 Å². The second-order valence-corrected chi connectivity index (χ2v) is 0.816. The fraction of sp³-hybridized carbons (Fsp3) is 1.00. The lowest BCUT2D eigenvalue weighted by molar-refractivity contribution is -0.716. The molecule has 0 radical (unpaired) electrons. The third-order valence-electron chi connectivity index (χ3n) is 0.372. The molecule has 6 heavy (non-hydrogen) atoms. The van der Waals surface area contributed by atoms with E-state index in [9.17, 15) is 0 Å². The Morgan fingerprint density at radius 3 is 1.50 bits per heavy atom. The van der Waals surface area contributed by atoms with Crippen LogP contribution in [0.15, 0.2) is 0 Å². The maximum atomic E-state index is 4.37. The van der Waals surface area contributed by atoms with Crippen LogP contribution in [-0.4, -0.2) is 13.2 Å². The van der Waals surface area contributed by atoms with Crippen molar-refractivity contribution in [3.05, 3.63) is 0 Å². The molecule has 4 heteroatoms. The van der Waals surface area contributed by atoms with Crippen LogP contribution >= 0.6 is 0 Å². The fourth-order valence-electron chi connectivity index (χ4n) is 0.118. The van der Waals surface area contributed by atoms with Gasteiger partial charge in [0.2, 0.25) is 0 Å². The van der Waals surface area contributed by atoms with Crippen LogP contribution in [0.3, 0.4) is 0 Å². The van der Waals surface area contributed by atoms with E-state index in [0.717, 1.165) is 0 Å². The summed E-state index contributed by atoms with van der Waals surface area (Å²) in [7, 11) is 0. The van der Waals surface area contributed by atoms with Gasteiger partial charge in [-0.3, -0.25) is 0 Å². The van der Waals surface area contributed by atoms with Crippen molar-refractivity contribution in [2.75, 3.05) is 13.2 Å². The van der Waals surface area contributed by atoms with Gasteiger partial charge in [-0.1, -0.05) is 0 Å². The Morgan fingerprint density at radius 1 is 1.00 bits per heavy atom. The van der Waals surface area contributed by atoms with Crippen molar-refractivity contribution in [1.29, 1.82) is 0 Å². The van der Waals surface area contributed by atoms with E-state index in [1.807, 2.05) is 0 Å². The van der Waals surface area contributed by atoms with Gasteiger partial charge in [-0.2, -0.15) is 0 Å². The second-order valence-electron chi connectivity index (χ2n) is 0.816. The van der Waals surface area contributed by atoms with Crippen LogP contribution < -0.4 is 11.8 Å². The molecular weight excluding hydrogens is 84.0 g/mol. The van der Waals surface area contributed by atoms with Gasteiger partial charge in [0.1, 0.15) is 13.2 Å². The molecule has 0 heterocycles. The van der Waals surface area contributed by atoms with E-state index in [2.05, 4.69) is 21.5 Å². The zero-order valence-electron chi connectivity index (χ0n) is 3.64. The van der Waals surface area contributed by atoms with Gasteiger partial charge in [0.05, 0.1) is 0 Å². The van der Waals surface area contributed by atoms with E-state index in [1.54, 1.807) is 0 Å². The molecule has 0 aromatic carbocycles. The first kappa shape index (κ1) is 5.84. The number of hydrogen-bond donors (Lipinski definition) is 2. The summed E-state index contributed by atoms with van der Waals surface area (Å²) in [5.41, 5.74) is 0. The molecular formula is C2H10N2O2+2. The minimum Gasteiger partial charge on any atom is -0.213 e.